The SMILES string of the molecule is COc1cc(C)ccc1NC(=O)NCc1cccc(C)c1. The van der Waals surface area contributed by atoms with E-state index in [9.17, 15) is 4.79 Å². The van der Waals surface area contributed by atoms with Crippen molar-refractivity contribution in [2.45, 2.75) is 20.4 Å². The maximum absolute atomic E-state index is 11.9. The fourth-order valence-corrected chi connectivity index (χ4v) is 2.07. The summed E-state index contributed by atoms with van der Waals surface area (Å²) in [5.41, 5.74) is 3.98. The van der Waals surface area contributed by atoms with Gasteiger partial charge < -0.3 is 15.4 Å². The second-order valence-corrected chi connectivity index (χ2v) is 5.00. The van der Waals surface area contributed by atoms with E-state index in [0.717, 1.165) is 11.1 Å². The van der Waals surface area contributed by atoms with Gasteiger partial charge in [0.25, 0.3) is 0 Å². The molecule has 0 spiro atoms. The minimum atomic E-state index is -0.251. The van der Waals surface area contributed by atoms with Gasteiger partial charge in [-0.1, -0.05) is 35.9 Å². The van der Waals surface area contributed by atoms with E-state index in [1.54, 1.807) is 7.11 Å². The van der Waals surface area contributed by atoms with E-state index in [-0.39, 0.29) is 6.03 Å². The van der Waals surface area contributed by atoms with Crippen molar-refractivity contribution in [3.63, 3.8) is 0 Å². The summed E-state index contributed by atoms with van der Waals surface area (Å²) in [5.74, 6) is 0.653. The zero-order valence-electron chi connectivity index (χ0n) is 12.6. The number of rotatable bonds is 4. The first-order valence-corrected chi connectivity index (χ1v) is 6.83. The fourth-order valence-electron chi connectivity index (χ4n) is 2.07. The second kappa shape index (κ2) is 6.79. The van der Waals surface area contributed by atoms with Crippen LogP contribution in [0.2, 0.25) is 0 Å². The molecule has 0 aliphatic heterocycles. The first-order chi connectivity index (χ1) is 10.1. The highest BCUT2D eigenvalue weighted by Gasteiger charge is 2.07. The largest absolute Gasteiger partial charge is 0.495 e. The standard InChI is InChI=1S/C17H20N2O2/c1-12-5-4-6-14(9-12)11-18-17(20)19-15-8-7-13(2)10-16(15)21-3/h4-10H,11H2,1-3H3,(H2,18,19,20). The average Bonchev–Trinajstić information content (AvgIpc) is 2.47. The van der Waals surface area contributed by atoms with Crippen molar-refractivity contribution in [1.82, 2.24) is 5.32 Å². The Labute approximate surface area is 125 Å². The Morgan fingerprint density at radius 3 is 2.57 bits per heavy atom. The van der Waals surface area contributed by atoms with E-state index < -0.39 is 0 Å². The maximum atomic E-state index is 11.9. The molecule has 2 N–H and O–H groups in total. The maximum Gasteiger partial charge on any atom is 0.319 e. The first-order valence-electron chi connectivity index (χ1n) is 6.83. The van der Waals surface area contributed by atoms with Gasteiger partial charge in [-0.25, -0.2) is 4.79 Å². The van der Waals surface area contributed by atoms with Crippen LogP contribution in [-0.2, 0) is 6.54 Å². The lowest BCUT2D eigenvalue weighted by Gasteiger charge is -2.12. The summed E-state index contributed by atoms with van der Waals surface area (Å²) in [6.07, 6.45) is 0. The first kappa shape index (κ1) is 14.9. The van der Waals surface area contributed by atoms with Crippen LogP contribution in [0.15, 0.2) is 42.5 Å². The lowest BCUT2D eigenvalue weighted by atomic mass is 10.1. The van der Waals surface area contributed by atoms with Crippen LogP contribution in [0.5, 0.6) is 5.75 Å². The molecule has 0 atom stereocenters. The zero-order valence-corrected chi connectivity index (χ0v) is 12.6. The molecule has 2 aromatic carbocycles. The third-order valence-electron chi connectivity index (χ3n) is 3.14. The number of nitrogens with one attached hydrogen (secondary N) is 2. The molecule has 0 saturated carbocycles. The van der Waals surface area contributed by atoms with Crippen molar-refractivity contribution in [2.75, 3.05) is 12.4 Å². The number of aryl methyl sites for hydroxylation is 2. The summed E-state index contributed by atoms with van der Waals surface area (Å²) in [5, 5.41) is 5.63. The number of carbonyl (C=O) groups excluding carboxylic acids is 1. The van der Waals surface area contributed by atoms with E-state index in [1.165, 1.54) is 5.56 Å². The lowest BCUT2D eigenvalue weighted by Crippen LogP contribution is -2.28. The topological polar surface area (TPSA) is 50.4 Å². The highest BCUT2D eigenvalue weighted by Crippen LogP contribution is 2.25. The normalized spacial score (nSPS) is 10.0. The van der Waals surface area contributed by atoms with Crippen molar-refractivity contribution in [2.24, 2.45) is 0 Å². The third kappa shape index (κ3) is 4.24. The van der Waals surface area contributed by atoms with Gasteiger partial charge in [-0.15, -0.1) is 0 Å². The predicted octanol–water partition coefficient (Wildman–Crippen LogP) is 3.63. The number of hydrogen-bond acceptors (Lipinski definition) is 2. The van der Waals surface area contributed by atoms with Crippen molar-refractivity contribution in [3.05, 3.63) is 59.2 Å². The summed E-state index contributed by atoms with van der Waals surface area (Å²) >= 11 is 0. The van der Waals surface area contributed by atoms with Gasteiger partial charge in [0.2, 0.25) is 0 Å². The number of anilines is 1. The number of carbonyl (C=O) groups is 1. The molecular weight excluding hydrogens is 264 g/mol. The van der Waals surface area contributed by atoms with E-state index >= 15 is 0 Å². The number of amides is 2. The van der Waals surface area contributed by atoms with Crippen LogP contribution in [0.25, 0.3) is 0 Å². The van der Waals surface area contributed by atoms with Crippen LogP contribution in [0, 0.1) is 13.8 Å². The molecule has 4 nitrogen and oxygen atoms in total. The molecule has 0 aromatic heterocycles. The number of urea groups is 1. The molecule has 21 heavy (non-hydrogen) atoms. The molecule has 0 heterocycles. The Balaban J connectivity index is 1.96. The van der Waals surface area contributed by atoms with Crippen LogP contribution in [0.3, 0.4) is 0 Å². The molecule has 4 heteroatoms. The van der Waals surface area contributed by atoms with Gasteiger partial charge in [0.15, 0.2) is 0 Å². The van der Waals surface area contributed by atoms with Crippen LogP contribution < -0.4 is 15.4 Å². The molecule has 2 rings (SSSR count). The molecule has 0 fully saturated rings. The van der Waals surface area contributed by atoms with Crippen LogP contribution in [-0.4, -0.2) is 13.1 Å². The minimum Gasteiger partial charge on any atom is -0.495 e. The monoisotopic (exact) mass is 284 g/mol. The van der Waals surface area contributed by atoms with Crippen molar-refractivity contribution in [1.29, 1.82) is 0 Å². The van der Waals surface area contributed by atoms with Gasteiger partial charge in [-0.05, 0) is 37.1 Å². The number of benzene rings is 2. The van der Waals surface area contributed by atoms with Gasteiger partial charge >= 0.3 is 6.03 Å². The van der Waals surface area contributed by atoms with Gasteiger partial charge in [-0.3, -0.25) is 0 Å². The number of hydrogen-bond donors (Lipinski definition) is 2. The van der Waals surface area contributed by atoms with Crippen molar-refractivity contribution in [3.8, 4) is 5.75 Å². The van der Waals surface area contributed by atoms with Crippen LogP contribution in [0.1, 0.15) is 16.7 Å². The smallest absolute Gasteiger partial charge is 0.319 e. The van der Waals surface area contributed by atoms with Gasteiger partial charge in [0.05, 0.1) is 12.8 Å². The molecule has 0 radical (unpaired) electrons. The van der Waals surface area contributed by atoms with Crippen LogP contribution >= 0.6 is 0 Å². The molecule has 0 saturated heterocycles. The van der Waals surface area contributed by atoms with E-state index in [0.29, 0.717) is 18.0 Å². The molecule has 110 valence electrons. The Bertz CT molecular complexity index is 638. The fraction of sp³-hybridized carbons (Fsp3) is 0.235. The summed E-state index contributed by atoms with van der Waals surface area (Å²) in [6.45, 7) is 4.49. The summed E-state index contributed by atoms with van der Waals surface area (Å²) in [6, 6.07) is 13.4. The quantitative estimate of drug-likeness (QED) is 0.900. The highest BCUT2D eigenvalue weighted by molar-refractivity contribution is 5.90. The van der Waals surface area contributed by atoms with Crippen molar-refractivity contribution >= 4 is 11.7 Å². The molecule has 0 aliphatic carbocycles. The number of ether oxygens (including phenoxy) is 1. The Morgan fingerprint density at radius 2 is 1.86 bits per heavy atom. The van der Waals surface area contributed by atoms with Gasteiger partial charge in [-0.2, -0.15) is 0 Å². The third-order valence-corrected chi connectivity index (χ3v) is 3.14. The molecule has 0 unspecified atom stereocenters. The summed E-state index contributed by atoms with van der Waals surface area (Å²) in [7, 11) is 1.59. The molecule has 2 aromatic rings. The number of methoxy groups -OCH3 is 1. The average molecular weight is 284 g/mol. The second-order valence-electron chi connectivity index (χ2n) is 5.00. The minimum absolute atomic E-state index is 0.251. The van der Waals surface area contributed by atoms with E-state index in [4.69, 9.17) is 4.74 Å². The van der Waals surface area contributed by atoms with Crippen LogP contribution in [0.4, 0.5) is 10.5 Å². The molecule has 0 aliphatic rings. The van der Waals surface area contributed by atoms with Gasteiger partial charge in [0, 0.05) is 6.54 Å². The zero-order chi connectivity index (χ0) is 15.2. The summed E-state index contributed by atoms with van der Waals surface area (Å²) in [4.78, 5) is 11.9. The van der Waals surface area contributed by atoms with E-state index in [2.05, 4.69) is 10.6 Å². The Hall–Kier alpha value is -2.49. The Kier molecular flexibility index (Phi) is 4.82. The highest BCUT2D eigenvalue weighted by atomic mass is 16.5. The molecule has 2 amide bonds. The lowest BCUT2D eigenvalue weighted by molar-refractivity contribution is 0.251. The predicted molar refractivity (Wildman–Crippen MR) is 84.8 cm³/mol. The summed E-state index contributed by atoms with van der Waals surface area (Å²) < 4.78 is 5.26. The molecular formula is C17H20N2O2. The molecule has 0 bridgehead atoms. The van der Waals surface area contributed by atoms with E-state index in [1.807, 2.05) is 56.3 Å². The Morgan fingerprint density at radius 1 is 1.10 bits per heavy atom. The van der Waals surface area contributed by atoms with Gasteiger partial charge in [0.1, 0.15) is 5.75 Å². The van der Waals surface area contributed by atoms with Crippen molar-refractivity contribution < 1.29 is 9.53 Å².